The molecule has 7 nitrogen and oxygen atoms in total. The number of carbonyl (C=O) groups excluding carboxylic acids is 2. The highest BCUT2D eigenvalue weighted by molar-refractivity contribution is 5.86. The molecule has 0 aromatic rings. The van der Waals surface area contributed by atoms with Gasteiger partial charge in [0.25, 0.3) is 0 Å². The molecule has 0 aromatic carbocycles. The maximum Gasteiger partial charge on any atom is 0.326 e. The number of amides is 2. The molecule has 0 aromatic heterocycles. The normalized spacial score (nSPS) is 23.0. The SMILES string of the molecule is COC(=O)C[C@H](NC(=O)NCC1CCCC(C)C1)C(=O)O. The summed E-state index contributed by atoms with van der Waals surface area (Å²) in [6.45, 7) is 2.73. The molecule has 3 atom stereocenters. The first kappa shape index (κ1) is 17.3. The highest BCUT2D eigenvalue weighted by Gasteiger charge is 2.24. The minimum atomic E-state index is -1.28. The van der Waals surface area contributed by atoms with Crippen LogP contribution in [0.5, 0.6) is 0 Å². The van der Waals surface area contributed by atoms with Crippen LogP contribution in [0.25, 0.3) is 0 Å². The van der Waals surface area contributed by atoms with E-state index in [1.165, 1.54) is 13.5 Å². The van der Waals surface area contributed by atoms with Crippen molar-refractivity contribution in [3.8, 4) is 0 Å². The standard InChI is InChI=1S/C14H24N2O5/c1-9-4-3-5-10(6-9)8-15-14(20)16-11(13(18)19)7-12(17)21-2/h9-11H,3-8H2,1-2H3,(H,18,19)(H2,15,16,20)/t9?,10?,11-/m0/s1. The van der Waals surface area contributed by atoms with E-state index in [1.807, 2.05) is 0 Å². The Labute approximate surface area is 124 Å². The Morgan fingerprint density at radius 2 is 2.05 bits per heavy atom. The minimum Gasteiger partial charge on any atom is -0.480 e. The van der Waals surface area contributed by atoms with Gasteiger partial charge in [-0.15, -0.1) is 0 Å². The fraction of sp³-hybridized carbons (Fsp3) is 0.786. The highest BCUT2D eigenvalue weighted by atomic mass is 16.5. The van der Waals surface area contributed by atoms with E-state index in [4.69, 9.17) is 5.11 Å². The van der Waals surface area contributed by atoms with E-state index in [-0.39, 0.29) is 6.42 Å². The third-order valence-electron chi connectivity index (χ3n) is 3.80. The van der Waals surface area contributed by atoms with Crippen molar-refractivity contribution in [1.29, 1.82) is 0 Å². The van der Waals surface area contributed by atoms with Crippen LogP contribution < -0.4 is 10.6 Å². The largest absolute Gasteiger partial charge is 0.480 e. The van der Waals surface area contributed by atoms with Gasteiger partial charge in [-0.05, 0) is 24.7 Å². The van der Waals surface area contributed by atoms with Gasteiger partial charge in [0.05, 0.1) is 13.5 Å². The first-order valence-electron chi connectivity index (χ1n) is 7.26. The minimum absolute atomic E-state index is 0.389. The van der Waals surface area contributed by atoms with Gasteiger partial charge in [0.2, 0.25) is 0 Å². The Balaban J connectivity index is 2.36. The fourth-order valence-electron chi connectivity index (χ4n) is 2.64. The molecule has 21 heavy (non-hydrogen) atoms. The summed E-state index contributed by atoms with van der Waals surface area (Å²) in [4.78, 5) is 33.8. The van der Waals surface area contributed by atoms with Crippen LogP contribution in [0.4, 0.5) is 4.79 Å². The zero-order chi connectivity index (χ0) is 15.8. The second kappa shape index (κ2) is 8.49. The lowest BCUT2D eigenvalue weighted by atomic mass is 9.82. The zero-order valence-corrected chi connectivity index (χ0v) is 12.6. The number of hydrogen-bond donors (Lipinski definition) is 3. The summed E-state index contributed by atoms with van der Waals surface area (Å²) in [6, 6.07) is -1.84. The summed E-state index contributed by atoms with van der Waals surface area (Å²) in [5.74, 6) is -0.839. The number of hydrogen-bond acceptors (Lipinski definition) is 4. The lowest BCUT2D eigenvalue weighted by Gasteiger charge is -2.27. The number of aliphatic carboxylic acids is 1. The van der Waals surface area contributed by atoms with Crippen molar-refractivity contribution in [3.05, 3.63) is 0 Å². The van der Waals surface area contributed by atoms with Gasteiger partial charge >= 0.3 is 18.0 Å². The Kier molecular flexibility index (Phi) is 6.98. The van der Waals surface area contributed by atoms with Crippen molar-refractivity contribution in [2.75, 3.05) is 13.7 Å². The number of carboxylic acids is 1. The number of rotatable bonds is 6. The summed E-state index contributed by atoms with van der Waals surface area (Å²) >= 11 is 0. The Morgan fingerprint density at radius 1 is 1.33 bits per heavy atom. The van der Waals surface area contributed by atoms with Gasteiger partial charge in [0.15, 0.2) is 0 Å². The molecule has 3 N–H and O–H groups in total. The Bertz CT molecular complexity index is 386. The summed E-state index contributed by atoms with van der Waals surface area (Å²) < 4.78 is 4.41. The molecule has 0 aliphatic heterocycles. The van der Waals surface area contributed by atoms with Gasteiger partial charge in [-0.1, -0.05) is 19.8 Å². The zero-order valence-electron chi connectivity index (χ0n) is 12.6. The molecule has 2 amide bonds. The number of nitrogens with one attached hydrogen (secondary N) is 2. The Hall–Kier alpha value is -1.79. The maximum atomic E-state index is 11.7. The smallest absolute Gasteiger partial charge is 0.326 e. The lowest BCUT2D eigenvalue weighted by Crippen LogP contribution is -2.48. The van der Waals surface area contributed by atoms with E-state index in [9.17, 15) is 14.4 Å². The molecule has 0 saturated heterocycles. The van der Waals surface area contributed by atoms with Gasteiger partial charge in [-0.2, -0.15) is 0 Å². The van der Waals surface area contributed by atoms with Gasteiger partial charge in [0, 0.05) is 6.54 Å². The molecule has 0 bridgehead atoms. The van der Waals surface area contributed by atoms with Gasteiger partial charge in [0.1, 0.15) is 6.04 Å². The number of methoxy groups -OCH3 is 1. The van der Waals surface area contributed by atoms with E-state index in [0.29, 0.717) is 18.4 Å². The van der Waals surface area contributed by atoms with Crippen molar-refractivity contribution >= 4 is 18.0 Å². The predicted octanol–water partition coefficient (Wildman–Crippen LogP) is 1.13. The van der Waals surface area contributed by atoms with Crippen LogP contribution in [-0.4, -0.2) is 42.8 Å². The summed E-state index contributed by atoms with van der Waals surface area (Å²) in [5, 5.41) is 13.9. The first-order chi connectivity index (χ1) is 9.92. The number of urea groups is 1. The van der Waals surface area contributed by atoms with Gasteiger partial charge in [-0.25, -0.2) is 9.59 Å². The van der Waals surface area contributed by atoms with Crippen molar-refractivity contribution in [1.82, 2.24) is 10.6 Å². The number of esters is 1. The monoisotopic (exact) mass is 300 g/mol. The van der Waals surface area contributed by atoms with E-state index in [0.717, 1.165) is 19.3 Å². The molecular formula is C14H24N2O5. The summed E-state index contributed by atoms with van der Waals surface area (Å²) in [5.41, 5.74) is 0. The number of carbonyl (C=O) groups is 3. The number of carboxylic acid groups (broad SMARTS) is 1. The molecule has 1 fully saturated rings. The number of ether oxygens (including phenoxy) is 1. The predicted molar refractivity (Wildman–Crippen MR) is 75.7 cm³/mol. The van der Waals surface area contributed by atoms with E-state index >= 15 is 0 Å². The van der Waals surface area contributed by atoms with Crippen LogP contribution in [0.15, 0.2) is 0 Å². The van der Waals surface area contributed by atoms with Crippen molar-refractivity contribution in [3.63, 3.8) is 0 Å². The molecule has 2 unspecified atom stereocenters. The summed E-state index contributed by atoms with van der Waals surface area (Å²) in [7, 11) is 1.17. The molecule has 120 valence electrons. The molecule has 1 rings (SSSR count). The van der Waals surface area contributed by atoms with Crippen LogP contribution in [0.1, 0.15) is 39.0 Å². The molecule has 1 saturated carbocycles. The molecule has 0 heterocycles. The average Bonchev–Trinajstić information content (AvgIpc) is 2.44. The third-order valence-corrected chi connectivity index (χ3v) is 3.80. The van der Waals surface area contributed by atoms with Crippen LogP contribution in [-0.2, 0) is 14.3 Å². The molecular weight excluding hydrogens is 276 g/mol. The second-order valence-electron chi connectivity index (χ2n) is 5.66. The van der Waals surface area contributed by atoms with Gasteiger partial charge < -0.3 is 20.5 Å². The van der Waals surface area contributed by atoms with Crippen molar-refractivity contribution in [2.24, 2.45) is 11.8 Å². The van der Waals surface area contributed by atoms with Crippen LogP contribution in [0.2, 0.25) is 0 Å². The topological polar surface area (TPSA) is 105 Å². The molecule has 0 spiro atoms. The summed E-state index contributed by atoms with van der Waals surface area (Å²) in [6.07, 6.45) is 4.15. The van der Waals surface area contributed by atoms with E-state index in [2.05, 4.69) is 22.3 Å². The van der Waals surface area contributed by atoms with Gasteiger partial charge in [-0.3, -0.25) is 4.79 Å². The second-order valence-corrected chi connectivity index (χ2v) is 5.66. The lowest BCUT2D eigenvalue weighted by molar-refractivity contribution is -0.147. The fourth-order valence-corrected chi connectivity index (χ4v) is 2.64. The van der Waals surface area contributed by atoms with E-state index in [1.54, 1.807) is 0 Å². The van der Waals surface area contributed by atoms with Crippen LogP contribution in [0, 0.1) is 11.8 Å². The van der Waals surface area contributed by atoms with Crippen molar-refractivity contribution in [2.45, 2.75) is 45.1 Å². The third kappa shape index (κ3) is 6.46. The van der Waals surface area contributed by atoms with E-state index < -0.39 is 24.0 Å². The van der Waals surface area contributed by atoms with Crippen molar-refractivity contribution < 1.29 is 24.2 Å². The highest BCUT2D eigenvalue weighted by Crippen LogP contribution is 2.27. The quantitative estimate of drug-likeness (QED) is 0.638. The Morgan fingerprint density at radius 3 is 2.62 bits per heavy atom. The molecule has 7 heteroatoms. The molecule has 1 aliphatic rings. The van der Waals surface area contributed by atoms with Crippen LogP contribution >= 0.6 is 0 Å². The molecule has 0 radical (unpaired) electrons. The maximum absolute atomic E-state index is 11.7. The first-order valence-corrected chi connectivity index (χ1v) is 7.26. The average molecular weight is 300 g/mol. The van der Waals surface area contributed by atoms with Crippen LogP contribution in [0.3, 0.4) is 0 Å². The molecule has 1 aliphatic carbocycles.